The summed E-state index contributed by atoms with van der Waals surface area (Å²) in [6, 6.07) is 9.26. The van der Waals surface area contributed by atoms with Crippen molar-refractivity contribution in [2.45, 2.75) is 6.42 Å². The molecule has 0 fully saturated rings. The van der Waals surface area contributed by atoms with Crippen LogP contribution >= 0.6 is 0 Å². The van der Waals surface area contributed by atoms with Crippen molar-refractivity contribution in [2.24, 2.45) is 0 Å². The average Bonchev–Trinajstić information content (AvgIpc) is 2.39. The van der Waals surface area contributed by atoms with Gasteiger partial charge in [-0.1, -0.05) is 18.2 Å². The van der Waals surface area contributed by atoms with Crippen molar-refractivity contribution in [2.75, 3.05) is 32.9 Å². The van der Waals surface area contributed by atoms with Gasteiger partial charge in [0.05, 0.1) is 26.2 Å². The molecule has 18 heavy (non-hydrogen) atoms. The Hall–Kier alpha value is -1.59. The average molecular weight is 253 g/mol. The molecule has 0 saturated heterocycles. The number of nitrogens with zero attached hydrogens (tertiary/aromatic N) is 1. The molecule has 0 unspecified atom stereocenters. The van der Waals surface area contributed by atoms with Crippen molar-refractivity contribution in [3.8, 4) is 5.75 Å². The Bertz CT molecular complexity index is 336. The largest absolute Gasteiger partial charge is 0.493 e. The molecule has 5 heteroatoms. The molecule has 0 spiro atoms. The molecule has 0 atom stereocenters. The number of aliphatic hydroxyl groups excluding tert-OH is 2. The minimum absolute atomic E-state index is 0.106. The van der Waals surface area contributed by atoms with Crippen molar-refractivity contribution in [1.82, 2.24) is 4.90 Å². The van der Waals surface area contributed by atoms with Gasteiger partial charge < -0.3 is 19.8 Å². The summed E-state index contributed by atoms with van der Waals surface area (Å²) in [4.78, 5) is 13.2. The van der Waals surface area contributed by atoms with E-state index < -0.39 is 0 Å². The van der Waals surface area contributed by atoms with Crippen LogP contribution < -0.4 is 4.74 Å². The van der Waals surface area contributed by atoms with Gasteiger partial charge in [-0.05, 0) is 12.1 Å². The van der Waals surface area contributed by atoms with E-state index in [1.807, 2.05) is 30.3 Å². The zero-order valence-electron chi connectivity index (χ0n) is 10.3. The van der Waals surface area contributed by atoms with E-state index in [0.717, 1.165) is 5.75 Å². The molecule has 0 aliphatic heterocycles. The maximum Gasteiger partial charge on any atom is 0.226 e. The predicted octanol–water partition coefficient (Wildman–Crippen LogP) is 0.269. The Morgan fingerprint density at radius 1 is 1.11 bits per heavy atom. The molecule has 1 aromatic carbocycles. The second kappa shape index (κ2) is 8.49. The van der Waals surface area contributed by atoms with Gasteiger partial charge in [-0.3, -0.25) is 4.79 Å². The molecule has 100 valence electrons. The van der Waals surface area contributed by atoms with Gasteiger partial charge in [-0.15, -0.1) is 0 Å². The zero-order valence-corrected chi connectivity index (χ0v) is 10.3. The van der Waals surface area contributed by atoms with Gasteiger partial charge in [0.1, 0.15) is 5.75 Å². The summed E-state index contributed by atoms with van der Waals surface area (Å²) < 4.78 is 5.41. The van der Waals surface area contributed by atoms with Crippen LogP contribution in [0.3, 0.4) is 0 Å². The number of benzene rings is 1. The summed E-state index contributed by atoms with van der Waals surface area (Å²) in [5, 5.41) is 17.6. The van der Waals surface area contributed by atoms with E-state index in [2.05, 4.69) is 0 Å². The molecule has 0 radical (unpaired) electrons. The lowest BCUT2D eigenvalue weighted by atomic mass is 10.3. The van der Waals surface area contributed by atoms with E-state index in [1.165, 1.54) is 4.90 Å². The number of aliphatic hydroxyl groups is 2. The van der Waals surface area contributed by atoms with Crippen molar-refractivity contribution < 1.29 is 19.7 Å². The van der Waals surface area contributed by atoms with Gasteiger partial charge in [0, 0.05) is 13.1 Å². The topological polar surface area (TPSA) is 70.0 Å². The first-order chi connectivity index (χ1) is 8.77. The first-order valence-corrected chi connectivity index (χ1v) is 5.95. The third kappa shape index (κ3) is 5.16. The summed E-state index contributed by atoms with van der Waals surface area (Å²) in [6.45, 7) is 0.558. The van der Waals surface area contributed by atoms with Gasteiger partial charge in [-0.2, -0.15) is 0 Å². The predicted molar refractivity (Wildman–Crippen MR) is 67.3 cm³/mol. The minimum atomic E-state index is -0.131. The molecule has 0 aliphatic rings. The molecule has 0 aromatic heterocycles. The molecule has 2 N–H and O–H groups in total. The molecule has 0 saturated carbocycles. The van der Waals surface area contributed by atoms with Crippen LogP contribution in [0.2, 0.25) is 0 Å². The van der Waals surface area contributed by atoms with E-state index >= 15 is 0 Å². The van der Waals surface area contributed by atoms with E-state index in [9.17, 15) is 4.79 Å². The van der Waals surface area contributed by atoms with Crippen molar-refractivity contribution in [3.05, 3.63) is 30.3 Å². The van der Waals surface area contributed by atoms with Gasteiger partial charge in [0.25, 0.3) is 0 Å². The highest BCUT2D eigenvalue weighted by Crippen LogP contribution is 2.08. The first-order valence-electron chi connectivity index (χ1n) is 5.95. The second-order valence-electron chi connectivity index (χ2n) is 3.74. The van der Waals surface area contributed by atoms with Gasteiger partial charge >= 0.3 is 0 Å². The molecule has 0 aliphatic carbocycles. The quantitative estimate of drug-likeness (QED) is 0.697. The lowest BCUT2D eigenvalue weighted by Crippen LogP contribution is -2.36. The van der Waals surface area contributed by atoms with E-state index in [-0.39, 0.29) is 45.2 Å². The van der Waals surface area contributed by atoms with Crippen LogP contribution in [0.15, 0.2) is 30.3 Å². The number of hydrogen-bond acceptors (Lipinski definition) is 4. The number of carbonyl (C=O) groups is 1. The normalized spacial score (nSPS) is 10.1. The van der Waals surface area contributed by atoms with Crippen LogP contribution in [0.1, 0.15) is 6.42 Å². The molecule has 1 rings (SSSR count). The highest BCUT2D eigenvalue weighted by Gasteiger charge is 2.12. The van der Waals surface area contributed by atoms with E-state index in [4.69, 9.17) is 14.9 Å². The Labute approximate surface area is 107 Å². The maximum atomic E-state index is 11.7. The van der Waals surface area contributed by atoms with E-state index in [0.29, 0.717) is 0 Å². The summed E-state index contributed by atoms with van der Waals surface area (Å²) in [6.07, 6.45) is 0.231. The fraction of sp³-hybridized carbons (Fsp3) is 0.462. The summed E-state index contributed by atoms with van der Waals surface area (Å²) in [5.74, 6) is 0.593. The van der Waals surface area contributed by atoms with E-state index in [1.54, 1.807) is 0 Å². The van der Waals surface area contributed by atoms with Gasteiger partial charge in [-0.25, -0.2) is 0 Å². The molecule has 1 aromatic rings. The Kier molecular flexibility index (Phi) is 6.83. The van der Waals surface area contributed by atoms with Crippen LogP contribution in [-0.2, 0) is 4.79 Å². The SMILES string of the molecule is O=C(CCOc1ccccc1)N(CCO)CCO. The molecule has 1 amide bonds. The van der Waals surface area contributed by atoms with Crippen molar-refractivity contribution in [3.63, 3.8) is 0 Å². The monoisotopic (exact) mass is 253 g/mol. The number of amides is 1. The first kappa shape index (κ1) is 14.5. The number of para-hydroxylation sites is 1. The number of ether oxygens (including phenoxy) is 1. The highest BCUT2D eigenvalue weighted by molar-refractivity contribution is 5.76. The van der Waals surface area contributed by atoms with Crippen LogP contribution in [0.4, 0.5) is 0 Å². The lowest BCUT2D eigenvalue weighted by molar-refractivity contribution is -0.132. The van der Waals surface area contributed by atoms with Crippen LogP contribution in [-0.4, -0.2) is 53.9 Å². The fourth-order valence-corrected chi connectivity index (χ4v) is 1.53. The Balaban J connectivity index is 2.30. The van der Waals surface area contributed by atoms with Crippen molar-refractivity contribution in [1.29, 1.82) is 0 Å². The minimum Gasteiger partial charge on any atom is -0.493 e. The smallest absolute Gasteiger partial charge is 0.226 e. The standard InChI is InChI=1S/C13H19NO4/c15-9-7-14(8-10-16)13(17)6-11-18-12-4-2-1-3-5-12/h1-5,15-16H,6-11H2. The van der Waals surface area contributed by atoms with Crippen LogP contribution in [0.5, 0.6) is 5.75 Å². The van der Waals surface area contributed by atoms with Crippen LogP contribution in [0, 0.1) is 0 Å². The summed E-state index contributed by atoms with van der Waals surface area (Å²) >= 11 is 0. The number of carbonyl (C=O) groups excluding carboxylic acids is 1. The lowest BCUT2D eigenvalue weighted by Gasteiger charge is -2.20. The third-order valence-corrected chi connectivity index (χ3v) is 2.42. The molecule has 0 bridgehead atoms. The fourth-order valence-electron chi connectivity index (χ4n) is 1.53. The summed E-state index contributed by atoms with van der Waals surface area (Å²) in [7, 11) is 0. The third-order valence-electron chi connectivity index (χ3n) is 2.42. The molecular weight excluding hydrogens is 234 g/mol. The second-order valence-corrected chi connectivity index (χ2v) is 3.74. The molecular formula is C13H19NO4. The summed E-state index contributed by atoms with van der Waals surface area (Å²) in [5.41, 5.74) is 0. The van der Waals surface area contributed by atoms with Crippen LogP contribution in [0.25, 0.3) is 0 Å². The Morgan fingerprint density at radius 2 is 1.72 bits per heavy atom. The molecule has 0 heterocycles. The van der Waals surface area contributed by atoms with Crippen molar-refractivity contribution >= 4 is 5.91 Å². The molecule has 5 nitrogen and oxygen atoms in total. The van der Waals surface area contributed by atoms with Gasteiger partial charge in [0.15, 0.2) is 0 Å². The Morgan fingerprint density at radius 3 is 2.28 bits per heavy atom. The maximum absolute atomic E-state index is 11.7. The highest BCUT2D eigenvalue weighted by atomic mass is 16.5. The number of hydrogen-bond donors (Lipinski definition) is 2. The van der Waals surface area contributed by atoms with Gasteiger partial charge in [0.2, 0.25) is 5.91 Å². The zero-order chi connectivity index (χ0) is 13.2. The number of rotatable bonds is 8.